The fourth-order valence-electron chi connectivity index (χ4n) is 1.55. The molecule has 2 amide bonds. The normalized spacial score (nSPS) is 10.2. The lowest BCUT2D eigenvalue weighted by Crippen LogP contribution is -2.39. The summed E-state index contributed by atoms with van der Waals surface area (Å²) in [6, 6.07) is 7.28. The quantitative estimate of drug-likeness (QED) is 0.833. The van der Waals surface area contributed by atoms with Gasteiger partial charge in [-0.1, -0.05) is 0 Å². The highest BCUT2D eigenvalue weighted by Gasteiger charge is 2.08. The molecule has 0 unspecified atom stereocenters. The monoisotopic (exact) mass is 263 g/mol. The van der Waals surface area contributed by atoms with E-state index in [2.05, 4.69) is 10.6 Å². The topological polar surface area (TPSA) is 61.4 Å². The van der Waals surface area contributed by atoms with Gasteiger partial charge in [-0.2, -0.15) is 0 Å². The number of carbonyl (C=O) groups excluding carboxylic acids is 2. The van der Waals surface area contributed by atoms with Crippen LogP contribution in [0.3, 0.4) is 0 Å². The van der Waals surface area contributed by atoms with Crippen LogP contribution in [0.25, 0.3) is 0 Å². The van der Waals surface area contributed by atoms with Crippen molar-refractivity contribution in [2.45, 2.75) is 19.9 Å². The minimum absolute atomic E-state index is 0.00749. The maximum atomic E-state index is 11.8. The van der Waals surface area contributed by atoms with Crippen molar-refractivity contribution in [2.24, 2.45) is 0 Å². The van der Waals surface area contributed by atoms with E-state index < -0.39 is 0 Å². The average Bonchev–Trinajstić information content (AvgIpc) is 2.35. The fraction of sp³-hybridized carbons (Fsp3) is 0.429. The van der Waals surface area contributed by atoms with Crippen LogP contribution in [-0.4, -0.2) is 38.5 Å². The van der Waals surface area contributed by atoms with Crippen LogP contribution in [0.5, 0.6) is 0 Å². The second-order valence-corrected chi connectivity index (χ2v) is 4.85. The van der Waals surface area contributed by atoms with E-state index in [0.29, 0.717) is 5.56 Å². The molecule has 2 N–H and O–H groups in total. The Morgan fingerprint density at radius 1 is 1.16 bits per heavy atom. The zero-order valence-corrected chi connectivity index (χ0v) is 11.9. The Balaban J connectivity index is 2.52. The lowest BCUT2D eigenvalue weighted by Gasteiger charge is -2.13. The molecule has 19 heavy (non-hydrogen) atoms. The van der Waals surface area contributed by atoms with E-state index in [4.69, 9.17) is 0 Å². The highest BCUT2D eigenvalue weighted by Crippen LogP contribution is 2.11. The van der Waals surface area contributed by atoms with E-state index in [1.807, 2.05) is 45.0 Å². The minimum Gasteiger partial charge on any atom is -0.378 e. The molecular weight excluding hydrogens is 242 g/mol. The lowest BCUT2D eigenvalue weighted by molar-refractivity contribution is -0.120. The third-order valence-corrected chi connectivity index (χ3v) is 2.51. The molecule has 0 aliphatic heterocycles. The molecule has 5 heteroatoms. The number of benzene rings is 1. The van der Waals surface area contributed by atoms with Crippen LogP contribution in [0.1, 0.15) is 24.2 Å². The number of anilines is 1. The second kappa shape index (κ2) is 6.78. The van der Waals surface area contributed by atoms with Crippen LogP contribution in [0.15, 0.2) is 24.3 Å². The summed E-state index contributed by atoms with van der Waals surface area (Å²) in [5, 5.41) is 5.30. The highest BCUT2D eigenvalue weighted by molar-refractivity contribution is 5.96. The van der Waals surface area contributed by atoms with Crippen molar-refractivity contribution in [3.05, 3.63) is 29.8 Å². The van der Waals surface area contributed by atoms with Gasteiger partial charge in [0.1, 0.15) is 0 Å². The molecule has 0 saturated carbocycles. The third kappa shape index (κ3) is 4.99. The Bertz CT molecular complexity index is 439. The number of rotatable bonds is 5. The lowest BCUT2D eigenvalue weighted by atomic mass is 10.2. The molecule has 0 saturated heterocycles. The van der Waals surface area contributed by atoms with E-state index in [-0.39, 0.29) is 24.4 Å². The first-order valence-corrected chi connectivity index (χ1v) is 6.25. The van der Waals surface area contributed by atoms with Crippen molar-refractivity contribution in [3.8, 4) is 0 Å². The van der Waals surface area contributed by atoms with E-state index >= 15 is 0 Å². The number of carbonyl (C=O) groups is 2. The Morgan fingerprint density at radius 3 is 2.21 bits per heavy atom. The van der Waals surface area contributed by atoms with Crippen LogP contribution in [0, 0.1) is 0 Å². The van der Waals surface area contributed by atoms with Gasteiger partial charge in [0.25, 0.3) is 5.91 Å². The van der Waals surface area contributed by atoms with Crippen molar-refractivity contribution in [1.82, 2.24) is 10.6 Å². The van der Waals surface area contributed by atoms with E-state index in [1.165, 1.54) is 0 Å². The Labute approximate surface area is 114 Å². The molecule has 0 fully saturated rings. The molecule has 104 valence electrons. The van der Waals surface area contributed by atoms with Crippen molar-refractivity contribution in [2.75, 3.05) is 25.5 Å². The van der Waals surface area contributed by atoms with Gasteiger partial charge in [0.2, 0.25) is 5.91 Å². The summed E-state index contributed by atoms with van der Waals surface area (Å²) >= 11 is 0. The molecule has 0 aliphatic carbocycles. The Morgan fingerprint density at radius 2 is 1.74 bits per heavy atom. The minimum atomic E-state index is -0.246. The first kappa shape index (κ1) is 15.0. The van der Waals surface area contributed by atoms with Gasteiger partial charge in [-0.25, -0.2) is 0 Å². The van der Waals surface area contributed by atoms with Crippen LogP contribution in [-0.2, 0) is 4.79 Å². The van der Waals surface area contributed by atoms with E-state index in [9.17, 15) is 9.59 Å². The molecule has 1 aromatic carbocycles. The average molecular weight is 263 g/mol. The van der Waals surface area contributed by atoms with Gasteiger partial charge in [0.05, 0.1) is 6.54 Å². The largest absolute Gasteiger partial charge is 0.378 e. The first-order chi connectivity index (χ1) is 8.90. The van der Waals surface area contributed by atoms with Gasteiger partial charge in [-0.3, -0.25) is 9.59 Å². The summed E-state index contributed by atoms with van der Waals surface area (Å²) in [4.78, 5) is 25.2. The molecule has 0 radical (unpaired) electrons. The maximum absolute atomic E-state index is 11.8. The molecule has 0 aliphatic rings. The summed E-state index contributed by atoms with van der Waals surface area (Å²) in [5.74, 6) is -0.433. The van der Waals surface area contributed by atoms with Gasteiger partial charge >= 0.3 is 0 Å². The van der Waals surface area contributed by atoms with E-state index in [1.54, 1.807) is 12.1 Å². The number of nitrogens with zero attached hydrogens (tertiary/aromatic N) is 1. The van der Waals surface area contributed by atoms with Crippen LogP contribution in [0.4, 0.5) is 5.69 Å². The Kier molecular flexibility index (Phi) is 5.36. The van der Waals surface area contributed by atoms with Gasteiger partial charge < -0.3 is 15.5 Å². The van der Waals surface area contributed by atoms with Gasteiger partial charge in [-0.15, -0.1) is 0 Å². The molecule has 0 aromatic heterocycles. The number of hydrogen-bond donors (Lipinski definition) is 2. The number of nitrogens with one attached hydrogen (secondary N) is 2. The van der Waals surface area contributed by atoms with Crippen LogP contribution >= 0.6 is 0 Å². The predicted octanol–water partition coefficient (Wildman–Crippen LogP) is 1.01. The molecular formula is C14H21N3O2. The van der Waals surface area contributed by atoms with Crippen LogP contribution < -0.4 is 15.5 Å². The maximum Gasteiger partial charge on any atom is 0.251 e. The summed E-state index contributed by atoms with van der Waals surface area (Å²) in [5.41, 5.74) is 1.57. The summed E-state index contributed by atoms with van der Waals surface area (Å²) in [6.07, 6.45) is 0. The molecule has 0 bridgehead atoms. The molecule has 0 heterocycles. The third-order valence-electron chi connectivity index (χ3n) is 2.51. The standard InChI is InChI=1S/C14H21N3O2/c1-10(2)16-13(18)9-15-14(19)11-5-7-12(8-6-11)17(3)4/h5-8,10H,9H2,1-4H3,(H,15,19)(H,16,18). The van der Waals surface area contributed by atoms with Gasteiger partial charge in [0, 0.05) is 31.4 Å². The first-order valence-electron chi connectivity index (χ1n) is 6.25. The zero-order valence-electron chi connectivity index (χ0n) is 11.9. The van der Waals surface area contributed by atoms with Crippen molar-refractivity contribution in [1.29, 1.82) is 0 Å². The highest BCUT2D eigenvalue weighted by atomic mass is 16.2. The van der Waals surface area contributed by atoms with Crippen molar-refractivity contribution in [3.63, 3.8) is 0 Å². The molecule has 0 spiro atoms. The molecule has 1 aromatic rings. The predicted molar refractivity (Wildman–Crippen MR) is 76.4 cm³/mol. The molecule has 1 rings (SSSR count). The summed E-state index contributed by atoms with van der Waals surface area (Å²) in [6.45, 7) is 3.74. The zero-order chi connectivity index (χ0) is 14.4. The number of amides is 2. The fourth-order valence-corrected chi connectivity index (χ4v) is 1.55. The second-order valence-electron chi connectivity index (χ2n) is 4.85. The van der Waals surface area contributed by atoms with Gasteiger partial charge in [-0.05, 0) is 38.1 Å². The van der Waals surface area contributed by atoms with E-state index in [0.717, 1.165) is 5.69 Å². The SMILES string of the molecule is CC(C)NC(=O)CNC(=O)c1ccc(N(C)C)cc1. The van der Waals surface area contributed by atoms with Crippen molar-refractivity contribution >= 4 is 17.5 Å². The van der Waals surface area contributed by atoms with Crippen molar-refractivity contribution < 1.29 is 9.59 Å². The van der Waals surface area contributed by atoms with Crippen LogP contribution in [0.2, 0.25) is 0 Å². The number of hydrogen-bond acceptors (Lipinski definition) is 3. The molecule has 0 atom stereocenters. The summed E-state index contributed by atoms with van der Waals surface area (Å²) in [7, 11) is 3.87. The smallest absolute Gasteiger partial charge is 0.251 e. The summed E-state index contributed by atoms with van der Waals surface area (Å²) < 4.78 is 0. The van der Waals surface area contributed by atoms with Gasteiger partial charge in [0.15, 0.2) is 0 Å². The Hall–Kier alpha value is -2.04. The molecule has 5 nitrogen and oxygen atoms in total.